The molecule has 1 N–H and O–H groups in total. The summed E-state index contributed by atoms with van der Waals surface area (Å²) >= 11 is 0. The highest BCUT2D eigenvalue weighted by Gasteiger charge is 2.41. The lowest BCUT2D eigenvalue weighted by Gasteiger charge is -2.24. The first kappa shape index (κ1) is 30.5. The lowest BCUT2D eigenvalue weighted by Crippen LogP contribution is -2.27. The monoisotopic (exact) mass is 526 g/mol. The van der Waals surface area contributed by atoms with Crippen molar-refractivity contribution >= 4 is 17.1 Å². The molecule has 8 heteroatoms. The van der Waals surface area contributed by atoms with Crippen LogP contribution < -0.4 is 5.32 Å². The van der Waals surface area contributed by atoms with Gasteiger partial charge in [-0.15, -0.1) is 0 Å². The molecule has 0 amide bonds. The zero-order valence-corrected chi connectivity index (χ0v) is 22.6. The van der Waals surface area contributed by atoms with Gasteiger partial charge < -0.3 is 5.32 Å². The number of para-hydroxylation sites is 2. The van der Waals surface area contributed by atoms with Crippen molar-refractivity contribution in [1.82, 2.24) is 0 Å². The van der Waals surface area contributed by atoms with Gasteiger partial charge in [-0.05, 0) is 52.0 Å². The van der Waals surface area contributed by atoms with Gasteiger partial charge in [0.1, 0.15) is 11.4 Å². The second-order valence-electron chi connectivity index (χ2n) is 10.4. The molecule has 0 aliphatic rings. The van der Waals surface area contributed by atoms with Crippen LogP contribution in [-0.4, -0.2) is 18.1 Å². The largest absolute Gasteiger partial charge is 0.433 e. The molecule has 0 saturated heterocycles. The van der Waals surface area contributed by atoms with E-state index in [4.69, 9.17) is 0 Å². The van der Waals surface area contributed by atoms with E-state index in [9.17, 15) is 26.3 Å². The molecule has 0 aliphatic carbocycles. The number of allylic oxidation sites excluding steroid dienone is 2. The third-order valence-corrected chi connectivity index (χ3v) is 6.08. The molecule has 2 aromatic carbocycles. The minimum Gasteiger partial charge on any atom is -0.351 e. The summed E-state index contributed by atoms with van der Waals surface area (Å²) in [5, 5.41) is 2.34. The molecular formula is C29H36F6N2. The number of hydrogen-bond acceptors (Lipinski definition) is 2. The first-order valence-corrected chi connectivity index (χ1v) is 12.4. The van der Waals surface area contributed by atoms with E-state index in [1.54, 1.807) is 64.1 Å². The Balaban J connectivity index is 2.86. The number of hydrogen-bond donors (Lipinski definition) is 1. The molecule has 0 atom stereocenters. The zero-order valence-electron chi connectivity index (χ0n) is 22.6. The van der Waals surface area contributed by atoms with Gasteiger partial charge in [-0.1, -0.05) is 91.8 Å². The minimum absolute atomic E-state index is 0.0584. The van der Waals surface area contributed by atoms with Gasteiger partial charge in [-0.2, -0.15) is 26.3 Å². The van der Waals surface area contributed by atoms with Crippen molar-refractivity contribution in [3.8, 4) is 0 Å². The van der Waals surface area contributed by atoms with Crippen LogP contribution in [-0.2, 0) is 0 Å². The highest BCUT2D eigenvalue weighted by molar-refractivity contribution is 6.02. The average Bonchev–Trinajstić information content (AvgIpc) is 2.75. The number of benzene rings is 2. The van der Waals surface area contributed by atoms with Crippen molar-refractivity contribution in [2.45, 2.75) is 91.4 Å². The Kier molecular flexibility index (Phi) is 9.66. The number of rotatable bonds is 8. The Morgan fingerprint density at radius 1 is 0.649 bits per heavy atom. The van der Waals surface area contributed by atoms with Gasteiger partial charge in [-0.3, -0.25) is 0 Å². The summed E-state index contributed by atoms with van der Waals surface area (Å²) in [4.78, 5) is 3.86. The number of nitrogens with one attached hydrogen (secondary N) is 1. The Morgan fingerprint density at radius 2 is 1.03 bits per heavy atom. The molecule has 0 bridgehead atoms. The summed E-state index contributed by atoms with van der Waals surface area (Å²) in [5.74, 6) is -0.666. The fourth-order valence-corrected chi connectivity index (χ4v) is 4.09. The number of anilines is 1. The lowest BCUT2D eigenvalue weighted by molar-refractivity contribution is -0.0905. The van der Waals surface area contributed by atoms with Crippen molar-refractivity contribution in [3.05, 3.63) is 70.4 Å². The SMILES string of the molecule is CC(C)c1cccc(C(C)C)c1N=C(/C=C(\Nc1c(C(C)C)cccc1C(C)C)C(F)(F)F)C(F)(F)F. The van der Waals surface area contributed by atoms with Crippen LogP contribution >= 0.6 is 0 Å². The molecule has 0 spiro atoms. The predicted molar refractivity (Wildman–Crippen MR) is 140 cm³/mol. The van der Waals surface area contributed by atoms with Crippen LogP contribution in [0.15, 0.2) is 53.2 Å². The van der Waals surface area contributed by atoms with E-state index in [1.165, 1.54) is 0 Å². The van der Waals surface area contributed by atoms with Crippen LogP contribution in [0, 0.1) is 0 Å². The van der Waals surface area contributed by atoms with Crippen LogP contribution in [0.3, 0.4) is 0 Å². The van der Waals surface area contributed by atoms with E-state index in [1.807, 2.05) is 27.7 Å². The van der Waals surface area contributed by atoms with E-state index >= 15 is 0 Å². The van der Waals surface area contributed by atoms with Crippen LogP contribution in [0.1, 0.15) is 101 Å². The van der Waals surface area contributed by atoms with Gasteiger partial charge in [0.25, 0.3) is 0 Å². The Labute approximate surface area is 215 Å². The molecule has 0 fully saturated rings. The van der Waals surface area contributed by atoms with Crippen LogP contribution in [0.25, 0.3) is 0 Å². The number of nitrogens with zero attached hydrogens (tertiary/aromatic N) is 1. The molecule has 37 heavy (non-hydrogen) atoms. The van der Waals surface area contributed by atoms with Crippen molar-refractivity contribution < 1.29 is 26.3 Å². The molecule has 2 rings (SSSR count). The molecule has 0 saturated carbocycles. The van der Waals surface area contributed by atoms with Crippen LogP contribution in [0.2, 0.25) is 0 Å². The molecular weight excluding hydrogens is 490 g/mol. The first-order chi connectivity index (χ1) is 16.9. The second kappa shape index (κ2) is 11.7. The highest BCUT2D eigenvalue weighted by Crippen LogP contribution is 2.39. The molecule has 0 unspecified atom stereocenters. The molecule has 2 nitrogen and oxygen atoms in total. The Bertz CT molecular complexity index is 1080. The maximum absolute atomic E-state index is 14.2. The average molecular weight is 527 g/mol. The number of alkyl halides is 6. The van der Waals surface area contributed by atoms with Crippen molar-refractivity contribution in [1.29, 1.82) is 0 Å². The maximum Gasteiger partial charge on any atom is 0.433 e. The van der Waals surface area contributed by atoms with Gasteiger partial charge >= 0.3 is 12.4 Å². The fourth-order valence-electron chi connectivity index (χ4n) is 4.09. The minimum atomic E-state index is -5.12. The van der Waals surface area contributed by atoms with Crippen LogP contribution in [0.4, 0.5) is 37.7 Å². The molecule has 0 radical (unpaired) electrons. The Morgan fingerprint density at radius 3 is 1.35 bits per heavy atom. The van der Waals surface area contributed by atoms with Crippen LogP contribution in [0.5, 0.6) is 0 Å². The summed E-state index contributed by atoms with van der Waals surface area (Å²) in [6, 6.07) is 10.1. The zero-order chi connectivity index (χ0) is 28.3. The van der Waals surface area contributed by atoms with Crippen molar-refractivity contribution in [3.63, 3.8) is 0 Å². The predicted octanol–water partition coefficient (Wildman–Crippen LogP) is 10.4. The summed E-state index contributed by atoms with van der Waals surface area (Å²) in [5.41, 5.74) is -0.670. The van der Waals surface area contributed by atoms with Gasteiger partial charge in [0, 0.05) is 5.69 Å². The van der Waals surface area contributed by atoms with Crippen molar-refractivity contribution in [2.75, 3.05) is 5.32 Å². The maximum atomic E-state index is 14.2. The standard InChI is InChI=1S/C29H36F6N2/c1-16(2)20-11-9-12-21(17(3)4)26(20)36-24(28(30,31)32)15-25(29(33,34)35)37-27-22(18(5)6)13-10-14-23(27)19(7)8/h9-19,36H,1-8H3/b24-15-,37-25?. The van der Waals surface area contributed by atoms with Gasteiger partial charge in [-0.25, -0.2) is 4.99 Å². The lowest BCUT2D eigenvalue weighted by atomic mass is 9.92. The quantitative estimate of drug-likeness (QED) is 0.269. The summed E-state index contributed by atoms with van der Waals surface area (Å²) in [6.45, 7) is 14.5. The smallest absolute Gasteiger partial charge is 0.351 e. The molecule has 204 valence electrons. The molecule has 0 heterocycles. The molecule has 2 aromatic rings. The normalized spacial score (nSPS) is 13.9. The third kappa shape index (κ3) is 7.62. The summed E-state index contributed by atoms with van der Waals surface area (Å²) in [7, 11) is 0. The molecule has 0 aromatic heterocycles. The van der Waals surface area contributed by atoms with E-state index in [0.29, 0.717) is 22.3 Å². The fraction of sp³-hybridized carbons (Fsp3) is 0.483. The first-order valence-electron chi connectivity index (χ1n) is 12.4. The molecule has 0 aliphatic heterocycles. The number of aliphatic imine (C=N–C) groups is 1. The van der Waals surface area contributed by atoms with Gasteiger partial charge in [0.05, 0.1) is 5.69 Å². The van der Waals surface area contributed by atoms with E-state index in [-0.39, 0.29) is 41.1 Å². The summed E-state index contributed by atoms with van der Waals surface area (Å²) < 4.78 is 85.3. The summed E-state index contributed by atoms with van der Waals surface area (Å²) in [6.07, 6.45) is -10.1. The highest BCUT2D eigenvalue weighted by atomic mass is 19.4. The third-order valence-electron chi connectivity index (χ3n) is 6.08. The van der Waals surface area contributed by atoms with Gasteiger partial charge in [0.2, 0.25) is 0 Å². The second-order valence-corrected chi connectivity index (χ2v) is 10.4. The van der Waals surface area contributed by atoms with E-state index < -0.39 is 23.8 Å². The van der Waals surface area contributed by atoms with E-state index in [2.05, 4.69) is 10.3 Å². The number of halogens is 6. The Hall–Kier alpha value is -2.77. The van der Waals surface area contributed by atoms with E-state index in [0.717, 1.165) is 0 Å². The van der Waals surface area contributed by atoms with Gasteiger partial charge in [0.15, 0.2) is 0 Å². The van der Waals surface area contributed by atoms with Crippen molar-refractivity contribution in [2.24, 2.45) is 4.99 Å². The topological polar surface area (TPSA) is 24.4 Å².